The van der Waals surface area contributed by atoms with E-state index in [0.717, 1.165) is 38.3 Å². The molecule has 1 fully saturated rings. The van der Waals surface area contributed by atoms with Crippen molar-refractivity contribution in [3.05, 3.63) is 11.1 Å². The molecule has 7 heteroatoms. The van der Waals surface area contributed by atoms with Crippen LogP contribution in [0.25, 0.3) is 0 Å². The van der Waals surface area contributed by atoms with Crippen molar-refractivity contribution in [2.45, 2.75) is 26.7 Å². The predicted octanol–water partition coefficient (Wildman–Crippen LogP) is 1.10. The van der Waals surface area contributed by atoms with Gasteiger partial charge in [0.25, 0.3) is 0 Å². The van der Waals surface area contributed by atoms with Crippen LogP contribution in [0.4, 0.5) is 5.13 Å². The summed E-state index contributed by atoms with van der Waals surface area (Å²) in [6, 6.07) is 0. The molecule has 2 heterocycles. The highest BCUT2D eigenvalue weighted by Gasteiger charge is 2.17. The highest BCUT2D eigenvalue weighted by molar-refractivity contribution is 7.13. The minimum atomic E-state index is -0.0800. The van der Waals surface area contributed by atoms with Gasteiger partial charge in [0.05, 0.1) is 12.1 Å². The first-order valence-corrected chi connectivity index (χ1v) is 8.18. The van der Waals surface area contributed by atoms with E-state index < -0.39 is 0 Å². The molecule has 1 aliphatic rings. The molecule has 2 N–H and O–H groups in total. The van der Waals surface area contributed by atoms with Crippen molar-refractivity contribution >= 4 is 28.3 Å². The van der Waals surface area contributed by atoms with E-state index in [2.05, 4.69) is 15.6 Å². The Morgan fingerprint density at radius 3 is 3.00 bits per heavy atom. The lowest BCUT2D eigenvalue weighted by Gasteiger charge is -2.19. The van der Waals surface area contributed by atoms with Crippen LogP contribution < -0.4 is 10.6 Å². The Morgan fingerprint density at radius 2 is 2.24 bits per heavy atom. The quantitative estimate of drug-likeness (QED) is 0.873. The van der Waals surface area contributed by atoms with Crippen molar-refractivity contribution in [2.75, 3.05) is 31.5 Å². The van der Waals surface area contributed by atoms with Crippen molar-refractivity contribution in [2.24, 2.45) is 5.92 Å². The molecule has 0 aliphatic carbocycles. The van der Waals surface area contributed by atoms with Gasteiger partial charge in [-0.2, -0.15) is 0 Å². The Labute approximate surface area is 128 Å². The lowest BCUT2D eigenvalue weighted by atomic mass is 10.2. The molecule has 0 saturated carbocycles. The van der Waals surface area contributed by atoms with Crippen LogP contribution in [0, 0.1) is 5.92 Å². The molecule has 0 radical (unpaired) electrons. The van der Waals surface area contributed by atoms with Crippen molar-refractivity contribution in [1.82, 2.24) is 15.2 Å². The zero-order valence-corrected chi connectivity index (χ0v) is 13.3. The number of carbonyl (C=O) groups excluding carboxylic acids is 2. The fourth-order valence-corrected chi connectivity index (χ4v) is 2.77. The van der Waals surface area contributed by atoms with Gasteiger partial charge in [-0.1, -0.05) is 13.8 Å². The number of carbonyl (C=O) groups is 2. The van der Waals surface area contributed by atoms with Crippen LogP contribution in [-0.4, -0.2) is 47.9 Å². The van der Waals surface area contributed by atoms with E-state index >= 15 is 0 Å². The molecular formula is C14H22N4O2S. The third-order valence-corrected chi connectivity index (χ3v) is 4.14. The Hall–Kier alpha value is -1.47. The molecule has 0 aromatic carbocycles. The van der Waals surface area contributed by atoms with Crippen molar-refractivity contribution in [3.8, 4) is 0 Å². The first kappa shape index (κ1) is 15.9. The topological polar surface area (TPSA) is 74.3 Å². The van der Waals surface area contributed by atoms with Gasteiger partial charge in [0, 0.05) is 30.9 Å². The molecule has 1 saturated heterocycles. The number of thiazole rings is 1. The first-order valence-electron chi connectivity index (χ1n) is 7.30. The van der Waals surface area contributed by atoms with E-state index in [4.69, 9.17) is 0 Å². The van der Waals surface area contributed by atoms with Gasteiger partial charge < -0.3 is 15.5 Å². The fourth-order valence-electron chi connectivity index (χ4n) is 2.06. The smallest absolute Gasteiger partial charge is 0.228 e. The average Bonchev–Trinajstić information content (AvgIpc) is 2.72. The number of anilines is 1. The number of rotatable bonds is 4. The second-order valence-electron chi connectivity index (χ2n) is 5.45. The summed E-state index contributed by atoms with van der Waals surface area (Å²) in [6.07, 6.45) is 1.28. The lowest BCUT2D eigenvalue weighted by molar-refractivity contribution is -0.130. The monoisotopic (exact) mass is 310 g/mol. The zero-order valence-electron chi connectivity index (χ0n) is 12.5. The highest BCUT2D eigenvalue weighted by Crippen LogP contribution is 2.17. The summed E-state index contributed by atoms with van der Waals surface area (Å²) in [5, 5.41) is 8.44. The number of aromatic nitrogens is 1. The maximum Gasteiger partial charge on any atom is 0.228 e. The maximum atomic E-state index is 12.2. The Kier molecular flexibility index (Phi) is 5.69. The largest absolute Gasteiger partial charge is 0.341 e. The third kappa shape index (κ3) is 4.78. The molecular weight excluding hydrogens is 288 g/mol. The Morgan fingerprint density at radius 1 is 1.43 bits per heavy atom. The number of nitrogens with one attached hydrogen (secondary N) is 2. The van der Waals surface area contributed by atoms with Crippen LogP contribution in [0.2, 0.25) is 0 Å². The van der Waals surface area contributed by atoms with Crippen LogP contribution in [0.5, 0.6) is 0 Å². The van der Waals surface area contributed by atoms with Gasteiger partial charge in [-0.15, -0.1) is 11.3 Å². The van der Waals surface area contributed by atoms with Gasteiger partial charge in [-0.3, -0.25) is 9.59 Å². The second kappa shape index (κ2) is 7.51. The number of hydrogen-bond acceptors (Lipinski definition) is 5. The molecule has 0 bridgehead atoms. The molecule has 21 heavy (non-hydrogen) atoms. The molecule has 2 rings (SSSR count). The number of hydrogen-bond donors (Lipinski definition) is 2. The van der Waals surface area contributed by atoms with Crippen LogP contribution >= 0.6 is 11.3 Å². The lowest BCUT2D eigenvalue weighted by Crippen LogP contribution is -2.35. The van der Waals surface area contributed by atoms with Crippen LogP contribution in [0.15, 0.2) is 5.38 Å². The maximum absolute atomic E-state index is 12.2. The number of nitrogens with zero attached hydrogens (tertiary/aromatic N) is 2. The van der Waals surface area contributed by atoms with Gasteiger partial charge in [-0.05, 0) is 13.0 Å². The summed E-state index contributed by atoms with van der Waals surface area (Å²) in [5.74, 6) is -0.0323. The van der Waals surface area contributed by atoms with Gasteiger partial charge in [-0.25, -0.2) is 4.98 Å². The van der Waals surface area contributed by atoms with Gasteiger partial charge >= 0.3 is 0 Å². The second-order valence-corrected chi connectivity index (χ2v) is 6.31. The standard InChI is InChI=1S/C14H22N4O2S/c1-10(2)13(20)17-14-16-11(9-21-14)8-12(19)18-6-3-4-15-5-7-18/h9-10,15H,3-8H2,1-2H3,(H,16,17,20). The van der Waals surface area contributed by atoms with E-state index in [1.807, 2.05) is 24.1 Å². The van der Waals surface area contributed by atoms with Crippen molar-refractivity contribution in [1.29, 1.82) is 0 Å². The molecule has 1 aromatic rings. The van der Waals surface area contributed by atoms with Gasteiger partial charge in [0.15, 0.2) is 5.13 Å². The minimum Gasteiger partial charge on any atom is -0.341 e. The summed E-state index contributed by atoms with van der Waals surface area (Å²) in [4.78, 5) is 30.0. The molecule has 1 aromatic heterocycles. The average molecular weight is 310 g/mol. The van der Waals surface area contributed by atoms with Crippen LogP contribution in [0.1, 0.15) is 26.0 Å². The van der Waals surface area contributed by atoms with E-state index in [1.165, 1.54) is 11.3 Å². The first-order chi connectivity index (χ1) is 10.1. The van der Waals surface area contributed by atoms with E-state index in [0.29, 0.717) is 11.6 Å². The fraction of sp³-hybridized carbons (Fsp3) is 0.643. The zero-order chi connectivity index (χ0) is 15.2. The van der Waals surface area contributed by atoms with Crippen LogP contribution in [0.3, 0.4) is 0 Å². The normalized spacial score (nSPS) is 15.9. The van der Waals surface area contributed by atoms with E-state index in [1.54, 1.807) is 0 Å². The van der Waals surface area contributed by atoms with Crippen molar-refractivity contribution < 1.29 is 9.59 Å². The van der Waals surface area contributed by atoms with E-state index in [9.17, 15) is 9.59 Å². The summed E-state index contributed by atoms with van der Waals surface area (Å²) in [6.45, 7) is 7.03. The van der Waals surface area contributed by atoms with Gasteiger partial charge in [0.1, 0.15) is 0 Å². The summed E-state index contributed by atoms with van der Waals surface area (Å²) in [5.41, 5.74) is 0.723. The molecule has 1 aliphatic heterocycles. The Bertz CT molecular complexity index is 493. The summed E-state index contributed by atoms with van der Waals surface area (Å²) >= 11 is 1.36. The summed E-state index contributed by atoms with van der Waals surface area (Å²) in [7, 11) is 0. The molecule has 0 unspecified atom stereocenters. The van der Waals surface area contributed by atoms with Crippen LogP contribution in [-0.2, 0) is 16.0 Å². The summed E-state index contributed by atoms with van der Waals surface area (Å²) < 4.78 is 0. The molecule has 0 spiro atoms. The molecule has 6 nitrogen and oxygen atoms in total. The number of amides is 2. The molecule has 2 amide bonds. The van der Waals surface area contributed by atoms with Gasteiger partial charge in [0.2, 0.25) is 11.8 Å². The Balaban J connectivity index is 1.89. The van der Waals surface area contributed by atoms with E-state index in [-0.39, 0.29) is 17.7 Å². The van der Waals surface area contributed by atoms with Crippen molar-refractivity contribution in [3.63, 3.8) is 0 Å². The predicted molar refractivity (Wildman–Crippen MR) is 83.4 cm³/mol. The molecule has 0 atom stereocenters. The third-order valence-electron chi connectivity index (χ3n) is 3.33. The minimum absolute atomic E-state index is 0.0548. The highest BCUT2D eigenvalue weighted by atomic mass is 32.1. The SMILES string of the molecule is CC(C)C(=O)Nc1nc(CC(=O)N2CCCNCC2)cs1. The molecule has 116 valence electrons.